The lowest BCUT2D eigenvalue weighted by molar-refractivity contribution is 0.464. The Morgan fingerprint density at radius 3 is 2.71 bits per heavy atom. The normalized spacial score (nSPS) is 10.1. The number of rotatable bonds is 3. The van der Waals surface area contributed by atoms with Gasteiger partial charge in [-0.1, -0.05) is 6.07 Å². The van der Waals surface area contributed by atoms with Crippen LogP contribution in [0, 0.1) is 17.1 Å². The lowest BCUT2D eigenvalue weighted by atomic mass is 10.1. The standard InChI is InChI=1S/C15H9FN4O/c16-11-6-4-10(5-7-11)15-13(9-18-20-15)21-14-3-1-2-12(8-17)19-14/h1-7,9H,(H,18,20). The van der Waals surface area contributed by atoms with Crippen molar-refractivity contribution in [1.29, 1.82) is 5.26 Å². The summed E-state index contributed by atoms with van der Waals surface area (Å²) in [7, 11) is 0. The first-order valence-electron chi connectivity index (χ1n) is 6.10. The van der Waals surface area contributed by atoms with Crippen LogP contribution in [0.25, 0.3) is 11.3 Å². The molecule has 0 bridgehead atoms. The van der Waals surface area contributed by atoms with E-state index in [4.69, 9.17) is 10.00 Å². The molecule has 0 saturated carbocycles. The number of nitrogens with one attached hydrogen (secondary N) is 1. The number of ether oxygens (including phenoxy) is 1. The van der Waals surface area contributed by atoms with Gasteiger partial charge in [0.1, 0.15) is 23.3 Å². The van der Waals surface area contributed by atoms with Crippen LogP contribution in [0.5, 0.6) is 11.6 Å². The van der Waals surface area contributed by atoms with Gasteiger partial charge in [0.2, 0.25) is 5.88 Å². The van der Waals surface area contributed by atoms with Crippen LogP contribution < -0.4 is 4.74 Å². The molecule has 3 aromatic rings. The van der Waals surface area contributed by atoms with Crippen molar-refractivity contribution in [2.24, 2.45) is 0 Å². The number of hydrogen-bond donors (Lipinski definition) is 1. The average molecular weight is 280 g/mol. The van der Waals surface area contributed by atoms with Crippen molar-refractivity contribution in [3.63, 3.8) is 0 Å². The monoisotopic (exact) mass is 280 g/mol. The van der Waals surface area contributed by atoms with Gasteiger partial charge in [-0.05, 0) is 30.3 Å². The molecular weight excluding hydrogens is 271 g/mol. The van der Waals surface area contributed by atoms with Crippen LogP contribution in [0.1, 0.15) is 5.69 Å². The minimum absolute atomic E-state index is 0.263. The van der Waals surface area contributed by atoms with E-state index in [1.54, 1.807) is 30.3 Å². The molecule has 0 aliphatic heterocycles. The Labute approximate surface area is 119 Å². The number of nitrogens with zero attached hydrogens (tertiary/aromatic N) is 3. The molecule has 102 valence electrons. The highest BCUT2D eigenvalue weighted by Crippen LogP contribution is 2.30. The van der Waals surface area contributed by atoms with Crippen LogP contribution in [0.2, 0.25) is 0 Å². The fourth-order valence-electron chi connectivity index (χ4n) is 1.82. The molecule has 2 heterocycles. The van der Waals surface area contributed by atoms with Crippen molar-refractivity contribution in [1.82, 2.24) is 15.2 Å². The van der Waals surface area contributed by atoms with Crippen molar-refractivity contribution in [2.75, 3.05) is 0 Å². The Bertz CT molecular complexity index is 805. The maximum atomic E-state index is 13.0. The summed E-state index contributed by atoms with van der Waals surface area (Å²) in [6.07, 6.45) is 1.50. The highest BCUT2D eigenvalue weighted by molar-refractivity contribution is 5.65. The summed E-state index contributed by atoms with van der Waals surface area (Å²) in [6.45, 7) is 0. The van der Waals surface area contributed by atoms with Crippen LogP contribution in [-0.2, 0) is 0 Å². The summed E-state index contributed by atoms with van der Waals surface area (Å²) in [4.78, 5) is 4.03. The Kier molecular flexibility index (Phi) is 3.31. The summed E-state index contributed by atoms with van der Waals surface area (Å²) in [5.74, 6) is 0.423. The fraction of sp³-hybridized carbons (Fsp3) is 0. The predicted molar refractivity (Wildman–Crippen MR) is 73.0 cm³/mol. The third-order valence-electron chi connectivity index (χ3n) is 2.79. The van der Waals surface area contributed by atoms with Crippen LogP contribution in [0.15, 0.2) is 48.7 Å². The number of aromatic amines is 1. The Hall–Kier alpha value is -3.20. The van der Waals surface area contributed by atoms with Crippen molar-refractivity contribution >= 4 is 0 Å². The zero-order chi connectivity index (χ0) is 14.7. The molecule has 3 rings (SSSR count). The maximum absolute atomic E-state index is 13.0. The third kappa shape index (κ3) is 2.72. The summed E-state index contributed by atoms with van der Waals surface area (Å²) in [5.41, 5.74) is 1.61. The number of hydrogen-bond acceptors (Lipinski definition) is 4. The van der Waals surface area contributed by atoms with Crippen molar-refractivity contribution in [2.45, 2.75) is 0 Å². The molecule has 0 saturated heterocycles. The summed E-state index contributed by atoms with van der Waals surface area (Å²) < 4.78 is 18.6. The van der Waals surface area contributed by atoms with Gasteiger partial charge in [0.15, 0.2) is 5.75 Å². The molecule has 5 nitrogen and oxygen atoms in total. The summed E-state index contributed by atoms with van der Waals surface area (Å²) in [5, 5.41) is 15.5. The van der Waals surface area contributed by atoms with Crippen molar-refractivity contribution in [3.8, 4) is 29.0 Å². The molecule has 0 amide bonds. The van der Waals surface area contributed by atoms with Gasteiger partial charge in [0, 0.05) is 11.6 Å². The van der Waals surface area contributed by atoms with E-state index in [1.165, 1.54) is 18.3 Å². The summed E-state index contributed by atoms with van der Waals surface area (Å²) in [6, 6.07) is 12.8. The average Bonchev–Trinajstić information content (AvgIpc) is 2.96. The van der Waals surface area contributed by atoms with Crippen LogP contribution in [0.3, 0.4) is 0 Å². The minimum atomic E-state index is -0.316. The molecule has 0 spiro atoms. The fourth-order valence-corrected chi connectivity index (χ4v) is 1.82. The molecular formula is C15H9FN4O. The second-order valence-corrected chi connectivity index (χ2v) is 4.19. The molecule has 21 heavy (non-hydrogen) atoms. The van der Waals surface area contributed by atoms with Gasteiger partial charge < -0.3 is 4.74 Å². The van der Waals surface area contributed by atoms with E-state index in [2.05, 4.69) is 15.2 Å². The second kappa shape index (κ2) is 5.43. The SMILES string of the molecule is N#Cc1cccc(Oc2cn[nH]c2-c2ccc(F)cc2)n1. The van der Waals surface area contributed by atoms with Gasteiger partial charge in [0.05, 0.1) is 6.20 Å². The van der Waals surface area contributed by atoms with Gasteiger partial charge in [-0.2, -0.15) is 10.4 Å². The lowest BCUT2D eigenvalue weighted by Gasteiger charge is -2.05. The molecule has 2 aromatic heterocycles. The molecule has 1 aromatic carbocycles. The highest BCUT2D eigenvalue weighted by Gasteiger charge is 2.11. The van der Waals surface area contributed by atoms with E-state index < -0.39 is 0 Å². The maximum Gasteiger partial charge on any atom is 0.220 e. The lowest BCUT2D eigenvalue weighted by Crippen LogP contribution is -1.91. The Balaban J connectivity index is 1.92. The molecule has 1 N–H and O–H groups in total. The molecule has 0 radical (unpaired) electrons. The van der Waals surface area contributed by atoms with E-state index in [0.29, 0.717) is 17.3 Å². The van der Waals surface area contributed by atoms with Gasteiger partial charge in [-0.3, -0.25) is 5.10 Å². The largest absolute Gasteiger partial charge is 0.435 e. The molecule has 6 heteroatoms. The van der Waals surface area contributed by atoms with E-state index in [9.17, 15) is 4.39 Å². The number of aromatic nitrogens is 3. The smallest absolute Gasteiger partial charge is 0.220 e. The predicted octanol–water partition coefficient (Wildman–Crippen LogP) is 3.27. The number of benzene rings is 1. The Morgan fingerprint density at radius 2 is 1.95 bits per heavy atom. The van der Waals surface area contributed by atoms with E-state index >= 15 is 0 Å². The third-order valence-corrected chi connectivity index (χ3v) is 2.79. The minimum Gasteiger partial charge on any atom is -0.435 e. The van der Waals surface area contributed by atoms with Crippen molar-refractivity contribution in [3.05, 3.63) is 60.2 Å². The van der Waals surface area contributed by atoms with Crippen LogP contribution in [-0.4, -0.2) is 15.2 Å². The van der Waals surface area contributed by atoms with Crippen molar-refractivity contribution < 1.29 is 9.13 Å². The number of halogens is 1. The van der Waals surface area contributed by atoms with E-state index in [-0.39, 0.29) is 11.5 Å². The quantitative estimate of drug-likeness (QED) is 0.799. The number of nitriles is 1. The second-order valence-electron chi connectivity index (χ2n) is 4.19. The first-order valence-corrected chi connectivity index (χ1v) is 6.10. The van der Waals surface area contributed by atoms with E-state index in [1.807, 2.05) is 6.07 Å². The van der Waals surface area contributed by atoms with E-state index in [0.717, 1.165) is 5.56 Å². The first kappa shape index (κ1) is 12.8. The molecule has 0 aliphatic rings. The van der Waals surface area contributed by atoms with Crippen LogP contribution >= 0.6 is 0 Å². The zero-order valence-corrected chi connectivity index (χ0v) is 10.7. The topological polar surface area (TPSA) is 74.6 Å². The highest BCUT2D eigenvalue weighted by atomic mass is 19.1. The van der Waals surface area contributed by atoms with Gasteiger partial charge in [-0.25, -0.2) is 9.37 Å². The Morgan fingerprint density at radius 1 is 1.14 bits per heavy atom. The molecule has 0 fully saturated rings. The first-order chi connectivity index (χ1) is 10.3. The number of H-pyrrole nitrogens is 1. The van der Waals surface area contributed by atoms with Gasteiger partial charge in [0.25, 0.3) is 0 Å². The molecule has 0 aliphatic carbocycles. The van der Waals surface area contributed by atoms with Gasteiger partial charge >= 0.3 is 0 Å². The van der Waals surface area contributed by atoms with Crippen LogP contribution in [0.4, 0.5) is 4.39 Å². The number of pyridine rings is 1. The van der Waals surface area contributed by atoms with Gasteiger partial charge in [-0.15, -0.1) is 0 Å². The molecule has 0 atom stereocenters. The zero-order valence-electron chi connectivity index (χ0n) is 10.7. The summed E-state index contributed by atoms with van der Waals surface area (Å²) >= 11 is 0. The molecule has 0 unspecified atom stereocenters.